The molecule has 0 spiro atoms. The first kappa shape index (κ1) is 16.5. The van der Waals surface area contributed by atoms with Crippen molar-refractivity contribution in [3.8, 4) is 0 Å². The molecule has 7 nitrogen and oxygen atoms in total. The summed E-state index contributed by atoms with van der Waals surface area (Å²) in [5.41, 5.74) is 1.88. The van der Waals surface area contributed by atoms with Crippen LogP contribution in [0.1, 0.15) is 36.1 Å². The summed E-state index contributed by atoms with van der Waals surface area (Å²) in [5.74, 6) is 1.93. The lowest BCUT2D eigenvalue weighted by atomic mass is 10.1. The lowest BCUT2D eigenvalue weighted by Gasteiger charge is -2.17. The number of nitrogens with zero attached hydrogens (tertiary/aromatic N) is 3. The van der Waals surface area contributed by atoms with Gasteiger partial charge in [-0.15, -0.1) is 0 Å². The molecule has 1 saturated carbocycles. The fraction of sp³-hybridized carbons (Fsp3) is 0.278. The van der Waals surface area contributed by atoms with Gasteiger partial charge in [0.15, 0.2) is 5.82 Å². The van der Waals surface area contributed by atoms with Gasteiger partial charge in [-0.25, -0.2) is 9.37 Å². The van der Waals surface area contributed by atoms with Crippen molar-refractivity contribution < 1.29 is 9.50 Å². The number of nitrogens with one attached hydrogen (secondary N) is 3. The van der Waals surface area contributed by atoms with Crippen LogP contribution in [0.15, 0.2) is 42.6 Å². The van der Waals surface area contributed by atoms with Crippen LogP contribution in [0.2, 0.25) is 0 Å². The van der Waals surface area contributed by atoms with E-state index < -0.39 is 6.04 Å². The van der Waals surface area contributed by atoms with E-state index in [1.807, 2.05) is 6.07 Å². The summed E-state index contributed by atoms with van der Waals surface area (Å²) in [7, 11) is 0. The van der Waals surface area contributed by atoms with Crippen molar-refractivity contribution in [3.63, 3.8) is 0 Å². The first-order valence-corrected chi connectivity index (χ1v) is 8.49. The number of aromatic amines is 1. The van der Waals surface area contributed by atoms with E-state index in [4.69, 9.17) is 0 Å². The average Bonchev–Trinajstić information content (AvgIpc) is 3.41. The molecule has 26 heavy (non-hydrogen) atoms. The van der Waals surface area contributed by atoms with E-state index in [9.17, 15) is 9.50 Å². The van der Waals surface area contributed by atoms with Gasteiger partial charge in [0.05, 0.1) is 12.6 Å². The minimum atomic E-state index is -0.433. The maximum Gasteiger partial charge on any atom is 0.225 e. The predicted molar refractivity (Wildman–Crippen MR) is 95.7 cm³/mol. The number of aliphatic hydroxyl groups is 1. The van der Waals surface area contributed by atoms with Crippen LogP contribution in [0, 0.1) is 5.82 Å². The molecule has 1 aliphatic rings. The Kier molecular flexibility index (Phi) is 4.49. The predicted octanol–water partition coefficient (Wildman–Crippen LogP) is 3.11. The molecule has 4 rings (SSSR count). The van der Waals surface area contributed by atoms with Crippen LogP contribution in [0.3, 0.4) is 0 Å². The minimum Gasteiger partial charge on any atom is -0.394 e. The van der Waals surface area contributed by atoms with Gasteiger partial charge in [-0.2, -0.15) is 10.1 Å². The van der Waals surface area contributed by atoms with Crippen LogP contribution in [0.4, 0.5) is 22.0 Å². The van der Waals surface area contributed by atoms with E-state index in [-0.39, 0.29) is 12.4 Å². The smallest absolute Gasteiger partial charge is 0.225 e. The maximum atomic E-state index is 13.1. The summed E-state index contributed by atoms with van der Waals surface area (Å²) in [6.07, 6.45) is 4.02. The molecule has 1 aliphatic carbocycles. The van der Waals surface area contributed by atoms with Crippen LogP contribution in [0.25, 0.3) is 0 Å². The molecule has 3 aromatic rings. The topological polar surface area (TPSA) is 98.8 Å². The molecule has 4 N–H and O–H groups in total. The molecule has 2 heterocycles. The highest BCUT2D eigenvalue weighted by Gasteiger charge is 2.25. The second-order valence-electron chi connectivity index (χ2n) is 6.30. The standard InChI is InChI=1S/C18H19FN6O/c19-13-5-3-12(4-6-13)15(10-26)21-18-20-8-7-16(23-18)22-17-9-14(24-25-17)11-1-2-11/h3-9,11,15,26H,1-2,10H2,(H3,20,21,22,23,24,25). The largest absolute Gasteiger partial charge is 0.394 e. The Hall–Kier alpha value is -3.00. The van der Waals surface area contributed by atoms with Gasteiger partial charge in [0.1, 0.15) is 11.6 Å². The number of hydrogen-bond acceptors (Lipinski definition) is 6. The van der Waals surface area contributed by atoms with Crippen LogP contribution in [-0.2, 0) is 0 Å². The molecule has 134 valence electrons. The Morgan fingerprint density at radius 2 is 2.00 bits per heavy atom. The van der Waals surface area contributed by atoms with Crippen molar-refractivity contribution in [3.05, 3.63) is 59.7 Å². The molecule has 0 amide bonds. The van der Waals surface area contributed by atoms with Crippen molar-refractivity contribution >= 4 is 17.6 Å². The fourth-order valence-corrected chi connectivity index (χ4v) is 2.72. The van der Waals surface area contributed by atoms with Gasteiger partial charge < -0.3 is 15.7 Å². The molecule has 0 radical (unpaired) electrons. The summed E-state index contributed by atoms with van der Waals surface area (Å²) < 4.78 is 13.1. The minimum absolute atomic E-state index is 0.170. The molecule has 8 heteroatoms. The van der Waals surface area contributed by atoms with Gasteiger partial charge in [0.25, 0.3) is 0 Å². The van der Waals surface area contributed by atoms with Crippen molar-refractivity contribution in [1.82, 2.24) is 20.2 Å². The first-order valence-electron chi connectivity index (χ1n) is 8.49. The molecule has 1 aromatic carbocycles. The van der Waals surface area contributed by atoms with Crippen molar-refractivity contribution in [2.45, 2.75) is 24.8 Å². The van der Waals surface area contributed by atoms with Gasteiger partial charge in [-0.1, -0.05) is 12.1 Å². The first-order chi connectivity index (χ1) is 12.7. The zero-order chi connectivity index (χ0) is 17.9. The number of halogens is 1. The average molecular weight is 354 g/mol. The Balaban J connectivity index is 1.46. The van der Waals surface area contributed by atoms with Crippen LogP contribution >= 0.6 is 0 Å². The van der Waals surface area contributed by atoms with Crippen LogP contribution in [0.5, 0.6) is 0 Å². The SMILES string of the molecule is OCC(Nc1nccc(Nc2cc(C3CC3)[nH]n2)n1)c1ccc(F)cc1. The molecule has 1 unspecified atom stereocenters. The van der Waals surface area contributed by atoms with Crippen molar-refractivity contribution in [1.29, 1.82) is 0 Å². The molecule has 1 atom stereocenters. The number of hydrogen-bond donors (Lipinski definition) is 4. The number of anilines is 3. The number of aromatic nitrogens is 4. The van der Waals surface area contributed by atoms with Gasteiger partial charge in [-0.3, -0.25) is 5.10 Å². The van der Waals surface area contributed by atoms with E-state index >= 15 is 0 Å². The fourth-order valence-electron chi connectivity index (χ4n) is 2.72. The number of aliphatic hydroxyl groups excluding tert-OH is 1. The Bertz CT molecular complexity index is 877. The summed E-state index contributed by atoms with van der Waals surface area (Å²) in [5, 5.41) is 23.1. The maximum absolute atomic E-state index is 13.1. The molecule has 1 fully saturated rings. The highest BCUT2D eigenvalue weighted by Crippen LogP contribution is 2.39. The van der Waals surface area contributed by atoms with Crippen molar-refractivity contribution in [2.75, 3.05) is 17.2 Å². The van der Waals surface area contributed by atoms with Crippen LogP contribution < -0.4 is 10.6 Å². The zero-order valence-electron chi connectivity index (χ0n) is 14.0. The van der Waals surface area contributed by atoms with Gasteiger partial charge in [0, 0.05) is 23.9 Å². The van der Waals surface area contributed by atoms with Gasteiger partial charge in [0.2, 0.25) is 5.95 Å². The van der Waals surface area contributed by atoms with Gasteiger partial charge in [-0.05, 0) is 36.6 Å². The second kappa shape index (κ2) is 7.09. The molecule has 2 aromatic heterocycles. The van der Waals surface area contributed by atoms with Crippen LogP contribution in [-0.4, -0.2) is 31.9 Å². The molecular weight excluding hydrogens is 335 g/mol. The molecule has 0 aliphatic heterocycles. The quantitative estimate of drug-likeness (QED) is 0.520. The number of rotatable bonds is 7. The van der Waals surface area contributed by atoms with E-state index in [1.165, 1.54) is 25.0 Å². The van der Waals surface area contributed by atoms with Crippen molar-refractivity contribution in [2.24, 2.45) is 0 Å². The van der Waals surface area contributed by atoms with E-state index in [2.05, 4.69) is 30.8 Å². The lowest BCUT2D eigenvalue weighted by Crippen LogP contribution is -2.16. The highest BCUT2D eigenvalue weighted by atomic mass is 19.1. The molecule has 0 saturated heterocycles. The van der Waals surface area contributed by atoms with E-state index in [0.717, 1.165) is 11.3 Å². The summed E-state index contributed by atoms with van der Waals surface area (Å²) in [4.78, 5) is 8.58. The third-order valence-corrected chi connectivity index (χ3v) is 4.28. The number of benzene rings is 1. The normalized spacial score (nSPS) is 14.8. The van der Waals surface area contributed by atoms with Gasteiger partial charge >= 0.3 is 0 Å². The third kappa shape index (κ3) is 3.80. The third-order valence-electron chi connectivity index (χ3n) is 4.28. The molecular formula is C18H19FN6O. The monoisotopic (exact) mass is 354 g/mol. The summed E-state index contributed by atoms with van der Waals surface area (Å²) in [6, 6.07) is 9.24. The molecule has 0 bridgehead atoms. The second-order valence-corrected chi connectivity index (χ2v) is 6.30. The number of H-pyrrole nitrogens is 1. The summed E-state index contributed by atoms with van der Waals surface area (Å²) in [6.45, 7) is -0.170. The lowest BCUT2D eigenvalue weighted by molar-refractivity contribution is 0.276. The Morgan fingerprint density at radius 3 is 2.73 bits per heavy atom. The Labute approximate surface area is 149 Å². The van der Waals surface area contributed by atoms with E-state index in [0.29, 0.717) is 23.5 Å². The summed E-state index contributed by atoms with van der Waals surface area (Å²) >= 11 is 0. The zero-order valence-corrected chi connectivity index (χ0v) is 14.0. The Morgan fingerprint density at radius 1 is 1.19 bits per heavy atom. The highest BCUT2D eigenvalue weighted by molar-refractivity contribution is 5.53. The van der Waals surface area contributed by atoms with E-state index in [1.54, 1.807) is 24.4 Å².